The molecule has 358 valence electrons. The van der Waals surface area contributed by atoms with E-state index in [9.17, 15) is 28.7 Å². The van der Waals surface area contributed by atoms with Crippen molar-refractivity contribution in [2.75, 3.05) is 33.9 Å². The van der Waals surface area contributed by atoms with Gasteiger partial charge in [0.05, 0.1) is 35.8 Å². The Balaban J connectivity index is 1.42. The van der Waals surface area contributed by atoms with Gasteiger partial charge in [-0.25, -0.2) is 18.9 Å². The number of nitrogens with zero attached hydrogens (tertiary/aromatic N) is 3. The zero-order valence-corrected chi connectivity index (χ0v) is 40.1. The molecule has 1 aromatic carbocycles. The maximum Gasteiger partial charge on any atom is 0.418 e. The lowest BCUT2D eigenvalue weighted by molar-refractivity contribution is -0.302. The van der Waals surface area contributed by atoms with E-state index in [1.54, 1.807) is 67.5 Å². The third-order valence-corrected chi connectivity index (χ3v) is 14.9. The van der Waals surface area contributed by atoms with Crippen LogP contribution in [0.15, 0.2) is 24.3 Å². The van der Waals surface area contributed by atoms with E-state index in [0.717, 1.165) is 24.9 Å². The van der Waals surface area contributed by atoms with Crippen LogP contribution in [-0.4, -0.2) is 149 Å². The molecule has 6 rings (SSSR count). The van der Waals surface area contributed by atoms with E-state index in [4.69, 9.17) is 45.4 Å². The highest BCUT2D eigenvalue weighted by molar-refractivity contribution is 7.80. The monoisotopic (exact) mass is 919 g/mol. The average Bonchev–Trinajstić information content (AvgIpc) is 3.95. The molecule has 4 heterocycles. The van der Waals surface area contributed by atoms with E-state index in [-0.39, 0.29) is 54.9 Å². The first-order valence-corrected chi connectivity index (χ1v) is 23.4. The number of ether oxygens (including phenoxy) is 7. The summed E-state index contributed by atoms with van der Waals surface area (Å²) in [5.74, 6) is -4.35. The average molecular weight is 920 g/mol. The minimum atomic E-state index is -1.50. The Morgan fingerprint density at radius 3 is 2.31 bits per heavy atom. The van der Waals surface area contributed by atoms with Crippen LogP contribution in [0.4, 0.5) is 14.0 Å². The number of esters is 1. The number of hydrogen-bond acceptors (Lipinski definition) is 14. The van der Waals surface area contributed by atoms with Crippen molar-refractivity contribution in [2.45, 2.75) is 167 Å². The molecule has 64 heavy (non-hydrogen) atoms. The molecule has 1 N–H and O–H groups in total. The van der Waals surface area contributed by atoms with Crippen molar-refractivity contribution in [3.63, 3.8) is 0 Å². The van der Waals surface area contributed by atoms with Crippen LogP contribution in [-0.2, 0) is 49.2 Å². The molecule has 5 aliphatic rings. The fourth-order valence-corrected chi connectivity index (χ4v) is 11.0. The number of ketones is 1. The molecule has 2 amide bonds. The summed E-state index contributed by atoms with van der Waals surface area (Å²) in [6.45, 7) is 17.0. The largest absolute Gasteiger partial charge is 0.468 e. The number of methoxy groups -OCH3 is 1. The van der Waals surface area contributed by atoms with Gasteiger partial charge in [0.1, 0.15) is 36.5 Å². The van der Waals surface area contributed by atoms with Crippen molar-refractivity contribution in [3.8, 4) is 0 Å². The maximum atomic E-state index is 15.0. The number of halogens is 1. The van der Waals surface area contributed by atoms with Gasteiger partial charge >= 0.3 is 18.2 Å². The number of amides is 2. The number of fused-ring (bicyclic) bond motifs is 1. The summed E-state index contributed by atoms with van der Waals surface area (Å²) in [5, 5.41) is 12.0. The number of cyclic esters (lactones) is 1. The zero-order valence-electron chi connectivity index (χ0n) is 39.3. The molecule has 0 unspecified atom stereocenters. The Hall–Kier alpha value is -3.48. The number of rotatable bonds is 11. The van der Waals surface area contributed by atoms with Crippen LogP contribution in [0.1, 0.15) is 100.0 Å². The number of Topliss-reactive ketones (excluding diaryl/α,β-unsaturated/α-hetero) is 1. The van der Waals surface area contributed by atoms with E-state index < -0.39 is 95.8 Å². The van der Waals surface area contributed by atoms with Crippen molar-refractivity contribution in [3.05, 3.63) is 35.6 Å². The number of thiocarbonyl (C=S) groups is 1. The fraction of sp³-hybridized carbons (Fsp3) is 0.766. The van der Waals surface area contributed by atoms with Gasteiger partial charge in [0.15, 0.2) is 11.9 Å². The molecule has 4 aliphatic heterocycles. The Morgan fingerprint density at radius 2 is 1.72 bits per heavy atom. The normalized spacial score (nSPS) is 38.9. The summed E-state index contributed by atoms with van der Waals surface area (Å²) >= 11 is 5.38. The lowest BCUT2D eigenvalue weighted by atomic mass is 9.73. The topological polar surface area (TPSA) is 163 Å². The Kier molecular flexibility index (Phi) is 15.7. The van der Waals surface area contributed by atoms with E-state index in [1.165, 1.54) is 29.0 Å². The first kappa shape index (κ1) is 49.9. The van der Waals surface area contributed by atoms with Crippen molar-refractivity contribution in [1.29, 1.82) is 0 Å². The molecule has 0 spiro atoms. The van der Waals surface area contributed by atoms with E-state index >= 15 is 0 Å². The van der Waals surface area contributed by atoms with Crippen molar-refractivity contribution < 1.29 is 61.8 Å². The predicted octanol–water partition coefficient (Wildman–Crippen LogP) is 6.29. The second-order valence-electron chi connectivity index (χ2n) is 19.6. The van der Waals surface area contributed by atoms with Gasteiger partial charge in [-0.3, -0.25) is 14.5 Å². The number of aliphatic hydroxyl groups excluding tert-OH is 1. The number of aliphatic hydroxyl groups is 1. The summed E-state index contributed by atoms with van der Waals surface area (Å²) < 4.78 is 58.0. The van der Waals surface area contributed by atoms with Gasteiger partial charge in [-0.05, 0) is 116 Å². The molecule has 1 aromatic rings. The summed E-state index contributed by atoms with van der Waals surface area (Å²) in [7, 11) is 3.50. The van der Waals surface area contributed by atoms with Crippen LogP contribution in [0.25, 0.3) is 0 Å². The van der Waals surface area contributed by atoms with Crippen LogP contribution in [0.2, 0.25) is 0 Å². The van der Waals surface area contributed by atoms with E-state index in [2.05, 4.69) is 4.90 Å². The smallest absolute Gasteiger partial charge is 0.418 e. The number of likely N-dealkylation sites (N-methyl/N-ethyl adjacent to an activating group) is 1. The van der Waals surface area contributed by atoms with Gasteiger partial charge in [0.25, 0.3) is 5.17 Å². The molecule has 0 bridgehead atoms. The molecule has 0 radical (unpaired) electrons. The standard InChI is InChI=1S/C47H70FN3O12S/c1-12-35-47(9)39(50(43(55)63-47)20-19-31-15-17-33(48)18-16-31)28(5)36(52)25(2)22-46(8,57-11)40(62-42-37(53)34(21-27(4)59-42)49(10)23-32-13-14-32)29(6)38(30(7)41(54)60-35)61-44(56)51-26(3)24-58-45(51)64/h15-18,25-30,32,34-35,37-40,42,53H,12-14,19-24H2,1-11H3/t25-,26+,27-,28-,29+,30-,34+,35+,37-,38+,39-,40-,42+,46+,47-/m1/s1. The Bertz CT molecular complexity index is 1860. The second-order valence-corrected chi connectivity index (χ2v) is 19.9. The molecule has 4 saturated heterocycles. The van der Waals surface area contributed by atoms with Gasteiger partial charge in [0.2, 0.25) is 0 Å². The van der Waals surface area contributed by atoms with Crippen LogP contribution in [0.5, 0.6) is 0 Å². The molecule has 1 saturated carbocycles. The first-order chi connectivity index (χ1) is 30.1. The summed E-state index contributed by atoms with van der Waals surface area (Å²) in [6, 6.07) is 4.34. The van der Waals surface area contributed by atoms with Crippen LogP contribution in [0.3, 0.4) is 0 Å². The zero-order chi connectivity index (χ0) is 47.0. The summed E-state index contributed by atoms with van der Waals surface area (Å²) in [6.07, 6.45) is -3.98. The summed E-state index contributed by atoms with van der Waals surface area (Å²) in [5.41, 5.74) is -2.07. The highest BCUT2D eigenvalue weighted by Crippen LogP contribution is 2.44. The third kappa shape index (κ3) is 10.4. The van der Waals surface area contributed by atoms with Crippen LogP contribution < -0.4 is 0 Å². The van der Waals surface area contributed by atoms with Crippen molar-refractivity contribution in [1.82, 2.24) is 14.7 Å². The Morgan fingerprint density at radius 1 is 1.05 bits per heavy atom. The quantitative estimate of drug-likeness (QED) is 0.150. The van der Waals surface area contributed by atoms with Gasteiger partial charge < -0.3 is 43.2 Å². The second kappa shape index (κ2) is 20.2. The molecule has 0 aromatic heterocycles. The lowest BCUT2D eigenvalue weighted by Crippen LogP contribution is -2.61. The minimum Gasteiger partial charge on any atom is -0.468 e. The highest BCUT2D eigenvalue weighted by Gasteiger charge is 2.61. The minimum absolute atomic E-state index is 0.0663. The molecular weight excluding hydrogens is 850 g/mol. The van der Waals surface area contributed by atoms with Crippen LogP contribution in [0, 0.1) is 35.4 Å². The fourth-order valence-electron chi connectivity index (χ4n) is 10.7. The predicted molar refractivity (Wildman–Crippen MR) is 236 cm³/mol. The number of hydrogen-bond donors (Lipinski definition) is 1. The van der Waals surface area contributed by atoms with Crippen molar-refractivity contribution >= 4 is 41.3 Å². The third-order valence-electron chi connectivity index (χ3n) is 14.6. The van der Waals surface area contributed by atoms with Gasteiger partial charge in [-0.15, -0.1) is 0 Å². The molecular formula is C47H70FN3O12S. The highest BCUT2D eigenvalue weighted by atomic mass is 32.1. The molecule has 5 fully saturated rings. The van der Waals surface area contributed by atoms with E-state index in [0.29, 0.717) is 18.8 Å². The van der Waals surface area contributed by atoms with Gasteiger partial charge in [-0.2, -0.15) is 0 Å². The lowest BCUT2D eigenvalue weighted by Gasteiger charge is -2.48. The van der Waals surface area contributed by atoms with E-state index in [1.807, 2.05) is 14.0 Å². The molecule has 15 nitrogen and oxygen atoms in total. The first-order valence-electron chi connectivity index (χ1n) is 23.0. The molecule has 17 heteroatoms. The molecule has 15 atom stereocenters. The Labute approximate surface area is 382 Å². The van der Waals surface area contributed by atoms with Crippen LogP contribution >= 0.6 is 12.2 Å². The van der Waals surface area contributed by atoms with Gasteiger partial charge in [0, 0.05) is 44.0 Å². The maximum absolute atomic E-state index is 15.0. The summed E-state index contributed by atoms with van der Waals surface area (Å²) in [4.78, 5) is 62.7. The SMILES string of the molecule is CC[C@@H]1OC(=O)[C@H](C)[C@@H](OC(=O)N2C(=S)OC[C@@H]2C)[C@H](C)[C@@H](O[C@@H]2O[C@H](C)C[C@H](N(C)CC3CC3)[C@H]2O)[C@@](C)(OC)C[C@@H](C)C(=O)[C@@H](C)[C@H]2N(CCc3ccc(F)cc3)C(=O)O[C@]12C. The van der Waals surface area contributed by atoms with Crippen molar-refractivity contribution in [2.24, 2.45) is 29.6 Å². The molecule has 1 aliphatic carbocycles. The number of carbonyl (C=O) groups is 4. The number of benzene rings is 1. The van der Waals surface area contributed by atoms with Gasteiger partial charge in [-0.1, -0.05) is 39.8 Å². The number of carbonyl (C=O) groups excluding carboxylic acids is 4.